The van der Waals surface area contributed by atoms with E-state index < -0.39 is 0 Å². The number of nitrogens with one attached hydrogen (secondary N) is 1. The number of carbonyl (C=O) groups is 2. The summed E-state index contributed by atoms with van der Waals surface area (Å²) in [6.07, 6.45) is 2.98. The third-order valence-electron chi connectivity index (χ3n) is 3.92. The Kier molecular flexibility index (Phi) is 4.34. The number of ketones is 1. The predicted molar refractivity (Wildman–Crippen MR) is 87.5 cm³/mol. The zero-order chi connectivity index (χ0) is 15.5. The maximum Gasteiger partial charge on any atom is 0.233 e. The van der Waals surface area contributed by atoms with Crippen molar-refractivity contribution in [3.05, 3.63) is 46.5 Å². The van der Waals surface area contributed by atoms with E-state index in [0.717, 1.165) is 30.5 Å². The zero-order valence-electron chi connectivity index (χ0n) is 12.5. The van der Waals surface area contributed by atoms with Gasteiger partial charge in [0.15, 0.2) is 10.9 Å². The van der Waals surface area contributed by atoms with Crippen LogP contribution in [-0.2, 0) is 11.2 Å². The normalized spacial score (nSPS) is 15.2. The minimum Gasteiger partial charge on any atom is -0.301 e. The molecule has 1 amide bonds. The Morgan fingerprint density at radius 3 is 2.77 bits per heavy atom. The van der Waals surface area contributed by atoms with Crippen molar-refractivity contribution in [2.75, 3.05) is 5.32 Å². The van der Waals surface area contributed by atoms with Gasteiger partial charge in [0.1, 0.15) is 0 Å². The van der Waals surface area contributed by atoms with Crippen molar-refractivity contribution in [3.8, 4) is 0 Å². The molecular weight excluding hydrogens is 296 g/mol. The lowest BCUT2D eigenvalue weighted by Gasteiger charge is -2.14. The maximum atomic E-state index is 12.5. The van der Waals surface area contributed by atoms with E-state index in [0.29, 0.717) is 16.4 Å². The summed E-state index contributed by atoms with van der Waals surface area (Å²) in [5, 5.41) is 3.43. The van der Waals surface area contributed by atoms with Crippen molar-refractivity contribution < 1.29 is 9.59 Å². The summed E-state index contributed by atoms with van der Waals surface area (Å²) >= 11 is 1.30. The number of benzene rings is 1. The minimum atomic E-state index is -0.196. The Balaban J connectivity index is 1.78. The quantitative estimate of drug-likeness (QED) is 0.934. The standard InChI is InChI=1S/C17H18N2O2S/c1-2-12(11-7-4-3-5-8-11)16(21)19-17-18-13-9-6-10-14(20)15(13)22-17/h3-5,7-8,12H,2,6,9-10H2,1H3,(H,18,19,21). The molecule has 22 heavy (non-hydrogen) atoms. The van der Waals surface area contributed by atoms with Gasteiger partial charge in [-0.05, 0) is 24.8 Å². The van der Waals surface area contributed by atoms with Crippen molar-refractivity contribution in [3.63, 3.8) is 0 Å². The fourth-order valence-corrected chi connectivity index (χ4v) is 3.75. The first kappa shape index (κ1) is 14.9. The van der Waals surface area contributed by atoms with Crippen LogP contribution in [0.3, 0.4) is 0 Å². The molecule has 0 bridgehead atoms. The number of aromatic nitrogens is 1. The molecule has 1 heterocycles. The van der Waals surface area contributed by atoms with Crippen LogP contribution < -0.4 is 5.32 Å². The van der Waals surface area contributed by atoms with E-state index in [1.807, 2.05) is 37.3 Å². The molecule has 1 aliphatic rings. The molecule has 0 saturated heterocycles. The number of hydrogen-bond acceptors (Lipinski definition) is 4. The van der Waals surface area contributed by atoms with Gasteiger partial charge in [-0.3, -0.25) is 9.59 Å². The zero-order valence-corrected chi connectivity index (χ0v) is 13.3. The van der Waals surface area contributed by atoms with E-state index in [2.05, 4.69) is 10.3 Å². The van der Waals surface area contributed by atoms with Gasteiger partial charge in [-0.1, -0.05) is 48.6 Å². The molecular formula is C17H18N2O2S. The van der Waals surface area contributed by atoms with Crippen molar-refractivity contribution in [1.82, 2.24) is 4.98 Å². The van der Waals surface area contributed by atoms with Crippen LogP contribution in [0.15, 0.2) is 30.3 Å². The Hall–Kier alpha value is -2.01. The summed E-state index contributed by atoms with van der Waals surface area (Å²) in [7, 11) is 0. The third kappa shape index (κ3) is 2.95. The molecule has 1 aromatic heterocycles. The molecule has 1 aliphatic carbocycles. The van der Waals surface area contributed by atoms with Crippen LogP contribution in [0.1, 0.15) is 53.0 Å². The number of fused-ring (bicyclic) bond motifs is 1. The lowest BCUT2D eigenvalue weighted by Crippen LogP contribution is -2.20. The SMILES string of the molecule is CCC(C(=O)Nc1nc2c(s1)C(=O)CCC2)c1ccccc1. The molecule has 0 saturated carbocycles. The van der Waals surface area contributed by atoms with E-state index in [1.54, 1.807) is 0 Å². The second-order valence-electron chi connectivity index (χ2n) is 5.43. The van der Waals surface area contributed by atoms with E-state index in [9.17, 15) is 9.59 Å². The predicted octanol–water partition coefficient (Wildman–Crippen LogP) is 3.79. The molecule has 1 atom stereocenters. The summed E-state index contributed by atoms with van der Waals surface area (Å²) in [5.41, 5.74) is 1.84. The van der Waals surface area contributed by atoms with E-state index in [1.165, 1.54) is 11.3 Å². The maximum absolute atomic E-state index is 12.5. The number of thiazole rings is 1. The van der Waals surface area contributed by atoms with Crippen LogP contribution in [0.25, 0.3) is 0 Å². The number of hydrogen-bond donors (Lipinski definition) is 1. The topological polar surface area (TPSA) is 59.1 Å². The van der Waals surface area contributed by atoms with Crippen molar-refractivity contribution in [2.45, 2.75) is 38.5 Å². The average molecular weight is 314 g/mol. The van der Waals surface area contributed by atoms with Gasteiger partial charge in [-0.15, -0.1) is 0 Å². The number of amides is 1. The Morgan fingerprint density at radius 2 is 2.09 bits per heavy atom. The summed E-state index contributed by atoms with van der Waals surface area (Å²) in [6.45, 7) is 1.99. The van der Waals surface area contributed by atoms with Crippen molar-refractivity contribution >= 4 is 28.2 Å². The molecule has 4 nitrogen and oxygen atoms in total. The lowest BCUT2D eigenvalue weighted by molar-refractivity contribution is -0.117. The van der Waals surface area contributed by atoms with Gasteiger partial charge < -0.3 is 5.32 Å². The third-order valence-corrected chi connectivity index (χ3v) is 4.98. The summed E-state index contributed by atoms with van der Waals surface area (Å²) in [6, 6.07) is 9.74. The van der Waals surface area contributed by atoms with Crippen LogP contribution in [0.2, 0.25) is 0 Å². The van der Waals surface area contributed by atoms with Gasteiger partial charge in [0.2, 0.25) is 5.91 Å². The van der Waals surface area contributed by atoms with Crippen LogP contribution >= 0.6 is 11.3 Å². The second kappa shape index (κ2) is 6.40. The molecule has 1 aromatic carbocycles. The van der Waals surface area contributed by atoms with Crippen LogP contribution in [0, 0.1) is 0 Å². The largest absolute Gasteiger partial charge is 0.301 e. The van der Waals surface area contributed by atoms with Gasteiger partial charge >= 0.3 is 0 Å². The first-order chi connectivity index (χ1) is 10.7. The molecule has 0 radical (unpaired) electrons. The monoisotopic (exact) mass is 314 g/mol. The van der Waals surface area contributed by atoms with Crippen LogP contribution in [-0.4, -0.2) is 16.7 Å². The van der Waals surface area contributed by atoms with Gasteiger partial charge in [-0.25, -0.2) is 4.98 Å². The molecule has 0 aliphatic heterocycles. The minimum absolute atomic E-state index is 0.0627. The number of aryl methyl sites for hydroxylation is 1. The van der Waals surface area contributed by atoms with Gasteiger partial charge in [0.05, 0.1) is 16.5 Å². The fraction of sp³-hybridized carbons (Fsp3) is 0.353. The van der Waals surface area contributed by atoms with E-state index in [-0.39, 0.29) is 17.6 Å². The summed E-state index contributed by atoms with van der Waals surface area (Å²) in [5.74, 6) is -0.112. The van der Waals surface area contributed by atoms with Crippen LogP contribution in [0.5, 0.6) is 0 Å². The number of carbonyl (C=O) groups excluding carboxylic acids is 2. The Labute approximate surface area is 133 Å². The van der Waals surface area contributed by atoms with Crippen molar-refractivity contribution in [2.24, 2.45) is 0 Å². The highest BCUT2D eigenvalue weighted by Gasteiger charge is 2.24. The smallest absolute Gasteiger partial charge is 0.233 e. The molecule has 1 N–H and O–H groups in total. The van der Waals surface area contributed by atoms with Crippen molar-refractivity contribution in [1.29, 1.82) is 0 Å². The first-order valence-electron chi connectivity index (χ1n) is 7.57. The number of Topliss-reactive ketones (excluding diaryl/α,β-unsaturated/α-hetero) is 1. The molecule has 2 aromatic rings. The fourth-order valence-electron chi connectivity index (χ4n) is 2.77. The Bertz CT molecular complexity index is 694. The average Bonchev–Trinajstić information content (AvgIpc) is 2.93. The molecule has 114 valence electrons. The number of anilines is 1. The highest BCUT2D eigenvalue weighted by Crippen LogP contribution is 2.30. The highest BCUT2D eigenvalue weighted by molar-refractivity contribution is 7.17. The van der Waals surface area contributed by atoms with E-state index >= 15 is 0 Å². The number of rotatable bonds is 4. The van der Waals surface area contributed by atoms with Crippen LogP contribution in [0.4, 0.5) is 5.13 Å². The summed E-state index contributed by atoms with van der Waals surface area (Å²) < 4.78 is 0. The summed E-state index contributed by atoms with van der Waals surface area (Å²) in [4.78, 5) is 29.5. The van der Waals surface area contributed by atoms with E-state index in [4.69, 9.17) is 0 Å². The number of nitrogens with zero attached hydrogens (tertiary/aromatic N) is 1. The lowest BCUT2D eigenvalue weighted by atomic mass is 9.96. The molecule has 1 unspecified atom stereocenters. The van der Waals surface area contributed by atoms with Gasteiger partial charge in [0.25, 0.3) is 0 Å². The first-order valence-corrected chi connectivity index (χ1v) is 8.39. The molecule has 5 heteroatoms. The Morgan fingerprint density at radius 1 is 1.32 bits per heavy atom. The molecule has 3 rings (SSSR count). The molecule has 0 spiro atoms. The van der Waals surface area contributed by atoms with Gasteiger partial charge in [-0.2, -0.15) is 0 Å². The van der Waals surface area contributed by atoms with Gasteiger partial charge in [0, 0.05) is 6.42 Å². The second-order valence-corrected chi connectivity index (χ2v) is 6.43. The highest BCUT2D eigenvalue weighted by atomic mass is 32.1. The molecule has 0 fully saturated rings.